The maximum absolute atomic E-state index is 4.74. The summed E-state index contributed by atoms with van der Waals surface area (Å²) in [5, 5.41) is 0. The van der Waals surface area contributed by atoms with Gasteiger partial charge in [-0.05, 0) is 68.8 Å². The SMILES string of the molecule is C(=Nc1ccc(C2(c3ccc(N=Cc4ccccc4)cc3)c3ccccc3-c3ccccc32)cc1)c1ccccc1. The molecule has 2 heteroatoms. The molecule has 0 radical (unpaired) electrons. The minimum absolute atomic E-state index is 0.448. The molecule has 6 aromatic rings. The van der Waals surface area contributed by atoms with Crippen LogP contribution in [0.1, 0.15) is 33.4 Å². The molecule has 0 N–H and O–H groups in total. The molecular formula is C39H28N2. The first-order valence-corrected chi connectivity index (χ1v) is 13.9. The lowest BCUT2D eigenvalue weighted by atomic mass is 9.67. The summed E-state index contributed by atoms with van der Waals surface area (Å²) >= 11 is 0. The van der Waals surface area contributed by atoms with Crippen LogP contribution in [-0.4, -0.2) is 12.4 Å². The fourth-order valence-corrected chi connectivity index (χ4v) is 6.00. The Morgan fingerprint density at radius 2 is 0.732 bits per heavy atom. The van der Waals surface area contributed by atoms with E-state index in [-0.39, 0.29) is 0 Å². The highest BCUT2D eigenvalue weighted by molar-refractivity contribution is 5.87. The van der Waals surface area contributed by atoms with Gasteiger partial charge in [0.15, 0.2) is 0 Å². The fraction of sp³-hybridized carbons (Fsp3) is 0.0256. The Morgan fingerprint density at radius 1 is 0.366 bits per heavy atom. The van der Waals surface area contributed by atoms with Crippen LogP contribution in [0.15, 0.2) is 168 Å². The molecule has 2 nitrogen and oxygen atoms in total. The monoisotopic (exact) mass is 524 g/mol. The smallest absolute Gasteiger partial charge is 0.0713 e. The molecule has 0 atom stereocenters. The Bertz CT molecular complexity index is 1710. The lowest BCUT2D eigenvalue weighted by molar-refractivity contribution is 0.768. The van der Waals surface area contributed by atoms with Crippen molar-refractivity contribution in [2.24, 2.45) is 9.98 Å². The van der Waals surface area contributed by atoms with Gasteiger partial charge in [-0.15, -0.1) is 0 Å². The first-order valence-electron chi connectivity index (χ1n) is 13.9. The van der Waals surface area contributed by atoms with E-state index in [4.69, 9.17) is 9.98 Å². The number of benzene rings is 6. The molecule has 41 heavy (non-hydrogen) atoms. The van der Waals surface area contributed by atoms with Crippen molar-refractivity contribution >= 4 is 23.8 Å². The number of hydrogen-bond donors (Lipinski definition) is 0. The molecule has 0 aromatic heterocycles. The van der Waals surface area contributed by atoms with Crippen molar-refractivity contribution in [2.45, 2.75) is 5.41 Å². The number of hydrogen-bond acceptors (Lipinski definition) is 2. The lowest BCUT2D eigenvalue weighted by Gasteiger charge is -2.34. The van der Waals surface area contributed by atoms with Gasteiger partial charge in [-0.2, -0.15) is 0 Å². The third kappa shape index (κ3) is 4.50. The Balaban J connectivity index is 1.34. The van der Waals surface area contributed by atoms with E-state index in [1.54, 1.807) is 0 Å². The largest absolute Gasteiger partial charge is 0.256 e. The van der Waals surface area contributed by atoms with Crippen LogP contribution < -0.4 is 0 Å². The molecule has 0 unspecified atom stereocenters. The minimum Gasteiger partial charge on any atom is -0.256 e. The van der Waals surface area contributed by atoms with E-state index in [1.807, 2.05) is 48.8 Å². The van der Waals surface area contributed by atoms with Crippen LogP contribution >= 0.6 is 0 Å². The molecule has 6 aromatic carbocycles. The van der Waals surface area contributed by atoms with Crippen molar-refractivity contribution < 1.29 is 0 Å². The van der Waals surface area contributed by atoms with Gasteiger partial charge >= 0.3 is 0 Å². The van der Waals surface area contributed by atoms with Crippen LogP contribution in [0.4, 0.5) is 11.4 Å². The number of aliphatic imine (C=N–C) groups is 2. The molecule has 7 rings (SSSR count). The summed E-state index contributed by atoms with van der Waals surface area (Å²) in [7, 11) is 0. The third-order valence-electron chi connectivity index (χ3n) is 7.88. The van der Waals surface area contributed by atoms with E-state index in [0.717, 1.165) is 22.5 Å². The topological polar surface area (TPSA) is 24.7 Å². The van der Waals surface area contributed by atoms with E-state index < -0.39 is 5.41 Å². The summed E-state index contributed by atoms with van der Waals surface area (Å²) in [4.78, 5) is 9.49. The van der Waals surface area contributed by atoms with Crippen molar-refractivity contribution in [1.29, 1.82) is 0 Å². The molecule has 0 fully saturated rings. The van der Waals surface area contributed by atoms with E-state index in [2.05, 4.69) is 121 Å². The quantitative estimate of drug-likeness (QED) is 0.194. The van der Waals surface area contributed by atoms with Gasteiger partial charge in [-0.3, -0.25) is 9.98 Å². The van der Waals surface area contributed by atoms with Gasteiger partial charge in [0.1, 0.15) is 0 Å². The van der Waals surface area contributed by atoms with Gasteiger partial charge in [0, 0.05) is 12.4 Å². The van der Waals surface area contributed by atoms with Gasteiger partial charge in [0.2, 0.25) is 0 Å². The summed E-state index contributed by atoms with van der Waals surface area (Å²) in [6.45, 7) is 0. The summed E-state index contributed by atoms with van der Waals surface area (Å²) in [6.07, 6.45) is 3.83. The van der Waals surface area contributed by atoms with Crippen molar-refractivity contribution in [2.75, 3.05) is 0 Å². The molecule has 0 bridgehead atoms. The Morgan fingerprint density at radius 3 is 1.15 bits per heavy atom. The Kier molecular flexibility index (Phi) is 6.42. The van der Waals surface area contributed by atoms with Crippen LogP contribution in [-0.2, 0) is 5.41 Å². The molecule has 194 valence electrons. The van der Waals surface area contributed by atoms with Crippen molar-refractivity contribution in [3.05, 3.63) is 191 Å². The highest BCUT2D eigenvalue weighted by atomic mass is 14.7. The normalized spacial score (nSPS) is 13.4. The van der Waals surface area contributed by atoms with E-state index >= 15 is 0 Å². The van der Waals surface area contributed by atoms with Crippen molar-refractivity contribution in [1.82, 2.24) is 0 Å². The maximum Gasteiger partial charge on any atom is 0.0713 e. The van der Waals surface area contributed by atoms with E-state index in [9.17, 15) is 0 Å². The average molecular weight is 525 g/mol. The van der Waals surface area contributed by atoms with Crippen LogP contribution in [0.2, 0.25) is 0 Å². The Labute approximate surface area is 241 Å². The second kappa shape index (κ2) is 10.7. The van der Waals surface area contributed by atoms with Gasteiger partial charge in [-0.1, -0.05) is 133 Å². The minimum atomic E-state index is -0.448. The molecule has 0 amide bonds. The zero-order valence-corrected chi connectivity index (χ0v) is 22.6. The Hall–Kier alpha value is -5.34. The highest BCUT2D eigenvalue weighted by Gasteiger charge is 2.45. The zero-order valence-electron chi connectivity index (χ0n) is 22.6. The lowest BCUT2D eigenvalue weighted by Crippen LogP contribution is -2.28. The van der Waals surface area contributed by atoms with Gasteiger partial charge in [0.25, 0.3) is 0 Å². The molecule has 0 heterocycles. The fourth-order valence-electron chi connectivity index (χ4n) is 6.00. The predicted molar refractivity (Wildman–Crippen MR) is 171 cm³/mol. The molecular weight excluding hydrogens is 496 g/mol. The highest BCUT2D eigenvalue weighted by Crippen LogP contribution is 2.56. The molecule has 1 aliphatic rings. The molecule has 1 aliphatic carbocycles. The van der Waals surface area contributed by atoms with E-state index in [0.29, 0.717) is 0 Å². The van der Waals surface area contributed by atoms with Crippen LogP contribution in [0.25, 0.3) is 11.1 Å². The van der Waals surface area contributed by atoms with Gasteiger partial charge < -0.3 is 0 Å². The standard InChI is InChI=1S/C39H28N2/c1-3-11-29(12-4-1)27-40-33-23-19-31(20-24-33)39(37-17-9-7-15-35(37)36-16-8-10-18-38(36)39)32-21-25-34(26-22-32)41-28-30-13-5-2-6-14-30/h1-28H. The molecule has 0 saturated heterocycles. The van der Waals surface area contributed by atoms with Crippen molar-refractivity contribution in [3.63, 3.8) is 0 Å². The summed E-state index contributed by atoms with van der Waals surface area (Å²) in [6, 6.07) is 55.4. The van der Waals surface area contributed by atoms with Crippen LogP contribution in [0.3, 0.4) is 0 Å². The third-order valence-corrected chi connectivity index (χ3v) is 7.88. The average Bonchev–Trinajstić information content (AvgIpc) is 3.35. The summed E-state index contributed by atoms with van der Waals surface area (Å²) in [5.41, 5.74) is 11.2. The molecule has 0 spiro atoms. The molecule has 0 saturated carbocycles. The first-order chi connectivity index (χ1) is 20.3. The number of rotatable bonds is 6. The summed E-state index contributed by atoms with van der Waals surface area (Å²) < 4.78 is 0. The first kappa shape index (κ1) is 24.7. The molecule has 0 aliphatic heterocycles. The summed E-state index contributed by atoms with van der Waals surface area (Å²) in [5.74, 6) is 0. The number of nitrogens with zero attached hydrogens (tertiary/aromatic N) is 2. The zero-order chi connectivity index (χ0) is 27.5. The van der Waals surface area contributed by atoms with Gasteiger partial charge in [-0.25, -0.2) is 0 Å². The van der Waals surface area contributed by atoms with Gasteiger partial charge in [0.05, 0.1) is 16.8 Å². The second-order valence-corrected chi connectivity index (χ2v) is 10.3. The van der Waals surface area contributed by atoms with Crippen LogP contribution in [0.5, 0.6) is 0 Å². The van der Waals surface area contributed by atoms with E-state index in [1.165, 1.54) is 33.4 Å². The van der Waals surface area contributed by atoms with Crippen LogP contribution in [0, 0.1) is 0 Å². The van der Waals surface area contributed by atoms with Crippen molar-refractivity contribution in [3.8, 4) is 11.1 Å². The predicted octanol–water partition coefficient (Wildman–Crippen LogP) is 9.55. The maximum atomic E-state index is 4.74. The number of fused-ring (bicyclic) bond motifs is 3. The second-order valence-electron chi connectivity index (χ2n) is 10.3.